The van der Waals surface area contributed by atoms with Gasteiger partial charge in [0, 0.05) is 11.4 Å². The number of aromatic nitrogens is 1. The molecule has 0 fully saturated rings. The summed E-state index contributed by atoms with van der Waals surface area (Å²) in [6, 6.07) is 6.53. The number of hydrogen-bond acceptors (Lipinski definition) is 5. The maximum atomic E-state index is 12.3. The SMILES string of the molecule is CCC(N)c1cccc(S(=O)(=O)Nc2nc(C)cs2)c1. The molecule has 1 heterocycles. The molecular weight excluding hydrogens is 294 g/mol. The molecule has 0 amide bonds. The van der Waals surface area contributed by atoms with E-state index in [0.29, 0.717) is 5.13 Å². The van der Waals surface area contributed by atoms with E-state index in [4.69, 9.17) is 5.73 Å². The maximum absolute atomic E-state index is 12.3. The summed E-state index contributed by atoms with van der Waals surface area (Å²) < 4.78 is 27.1. The lowest BCUT2D eigenvalue weighted by molar-refractivity contribution is 0.600. The summed E-state index contributed by atoms with van der Waals surface area (Å²) in [6.07, 6.45) is 0.753. The average Bonchev–Trinajstić information content (AvgIpc) is 2.82. The normalized spacial score (nSPS) is 13.2. The third kappa shape index (κ3) is 3.36. The molecule has 3 N–H and O–H groups in total. The van der Waals surface area contributed by atoms with Gasteiger partial charge < -0.3 is 5.73 Å². The highest BCUT2D eigenvalue weighted by Gasteiger charge is 2.17. The van der Waals surface area contributed by atoms with E-state index >= 15 is 0 Å². The van der Waals surface area contributed by atoms with Crippen molar-refractivity contribution in [3.63, 3.8) is 0 Å². The van der Waals surface area contributed by atoms with Gasteiger partial charge in [0.2, 0.25) is 0 Å². The molecule has 1 atom stereocenters. The molecule has 1 aromatic carbocycles. The van der Waals surface area contributed by atoms with Crippen LogP contribution < -0.4 is 10.5 Å². The van der Waals surface area contributed by atoms with Gasteiger partial charge in [0.1, 0.15) is 0 Å². The van der Waals surface area contributed by atoms with Crippen LogP contribution in [0.2, 0.25) is 0 Å². The van der Waals surface area contributed by atoms with Gasteiger partial charge in [-0.1, -0.05) is 19.1 Å². The minimum absolute atomic E-state index is 0.160. The van der Waals surface area contributed by atoms with Gasteiger partial charge in [-0.05, 0) is 31.0 Å². The van der Waals surface area contributed by atoms with Crippen LogP contribution in [0.3, 0.4) is 0 Å². The lowest BCUT2D eigenvalue weighted by Crippen LogP contribution is -2.14. The van der Waals surface area contributed by atoms with Crippen molar-refractivity contribution in [1.29, 1.82) is 0 Å². The molecule has 0 aliphatic carbocycles. The molecule has 0 bridgehead atoms. The first kappa shape index (κ1) is 15.0. The van der Waals surface area contributed by atoms with Crippen molar-refractivity contribution in [3.05, 3.63) is 40.9 Å². The molecule has 108 valence electrons. The predicted molar refractivity (Wildman–Crippen MR) is 81.3 cm³/mol. The fraction of sp³-hybridized carbons (Fsp3) is 0.308. The Kier molecular flexibility index (Phi) is 4.42. The highest BCUT2D eigenvalue weighted by molar-refractivity contribution is 7.93. The van der Waals surface area contributed by atoms with Crippen molar-refractivity contribution in [3.8, 4) is 0 Å². The van der Waals surface area contributed by atoms with E-state index in [1.165, 1.54) is 11.3 Å². The van der Waals surface area contributed by atoms with Crippen molar-refractivity contribution >= 4 is 26.5 Å². The topological polar surface area (TPSA) is 85.1 Å². The van der Waals surface area contributed by atoms with Crippen LogP contribution in [0.1, 0.15) is 30.6 Å². The zero-order valence-corrected chi connectivity index (χ0v) is 13.0. The molecule has 20 heavy (non-hydrogen) atoms. The van der Waals surface area contributed by atoms with Crippen molar-refractivity contribution in [2.75, 3.05) is 4.72 Å². The largest absolute Gasteiger partial charge is 0.324 e. The van der Waals surface area contributed by atoms with Crippen molar-refractivity contribution in [2.24, 2.45) is 5.73 Å². The Labute approximate surface area is 122 Å². The van der Waals surface area contributed by atoms with Crippen LogP contribution in [0.15, 0.2) is 34.5 Å². The summed E-state index contributed by atoms with van der Waals surface area (Å²) in [4.78, 5) is 4.30. The number of sulfonamides is 1. The zero-order valence-electron chi connectivity index (χ0n) is 11.3. The molecule has 2 rings (SSSR count). The Hall–Kier alpha value is -1.44. The monoisotopic (exact) mass is 311 g/mol. The minimum Gasteiger partial charge on any atom is -0.324 e. The third-order valence-electron chi connectivity index (χ3n) is 2.88. The number of nitrogens with two attached hydrogens (primary N) is 1. The number of hydrogen-bond donors (Lipinski definition) is 2. The van der Waals surface area contributed by atoms with E-state index in [9.17, 15) is 8.42 Å². The Morgan fingerprint density at radius 3 is 2.80 bits per heavy atom. The summed E-state index contributed by atoms with van der Waals surface area (Å²) in [5.41, 5.74) is 7.53. The molecular formula is C13H17N3O2S2. The lowest BCUT2D eigenvalue weighted by Gasteiger charge is -2.11. The van der Waals surface area contributed by atoms with E-state index in [1.807, 2.05) is 19.9 Å². The number of nitrogens with zero attached hydrogens (tertiary/aromatic N) is 1. The molecule has 0 spiro atoms. The molecule has 0 aliphatic heterocycles. The predicted octanol–water partition coefficient (Wildman–Crippen LogP) is 2.66. The number of anilines is 1. The molecule has 5 nitrogen and oxygen atoms in total. The van der Waals surface area contributed by atoms with Crippen LogP contribution in [0.4, 0.5) is 5.13 Å². The van der Waals surface area contributed by atoms with Crippen LogP contribution in [-0.2, 0) is 10.0 Å². The van der Waals surface area contributed by atoms with Crippen LogP contribution in [0, 0.1) is 6.92 Å². The van der Waals surface area contributed by atoms with E-state index in [0.717, 1.165) is 17.7 Å². The van der Waals surface area contributed by atoms with Gasteiger partial charge in [0.25, 0.3) is 10.0 Å². The molecule has 1 unspecified atom stereocenters. The first-order chi connectivity index (χ1) is 9.42. The second kappa shape index (κ2) is 5.90. The second-order valence-electron chi connectivity index (χ2n) is 4.49. The molecule has 7 heteroatoms. The molecule has 0 saturated heterocycles. The summed E-state index contributed by atoms with van der Waals surface area (Å²) in [5, 5.41) is 2.16. The highest BCUT2D eigenvalue weighted by Crippen LogP contribution is 2.22. The maximum Gasteiger partial charge on any atom is 0.263 e. The molecule has 0 radical (unpaired) electrons. The first-order valence-electron chi connectivity index (χ1n) is 6.23. The van der Waals surface area contributed by atoms with Gasteiger partial charge in [-0.15, -0.1) is 11.3 Å². The summed E-state index contributed by atoms with van der Waals surface area (Å²) in [7, 11) is -3.62. The van der Waals surface area contributed by atoms with E-state index in [1.54, 1.807) is 23.6 Å². The Bertz CT molecular complexity index is 695. The van der Waals surface area contributed by atoms with Gasteiger partial charge in [0.05, 0.1) is 10.6 Å². The highest BCUT2D eigenvalue weighted by atomic mass is 32.2. The van der Waals surface area contributed by atoms with E-state index in [-0.39, 0.29) is 10.9 Å². The van der Waals surface area contributed by atoms with E-state index < -0.39 is 10.0 Å². The Morgan fingerprint density at radius 1 is 1.45 bits per heavy atom. The number of nitrogens with one attached hydrogen (secondary N) is 1. The second-order valence-corrected chi connectivity index (χ2v) is 7.03. The van der Waals surface area contributed by atoms with Crippen LogP contribution in [0.25, 0.3) is 0 Å². The Morgan fingerprint density at radius 2 is 2.20 bits per heavy atom. The lowest BCUT2D eigenvalue weighted by atomic mass is 10.1. The fourth-order valence-electron chi connectivity index (χ4n) is 1.72. The number of thiazole rings is 1. The molecule has 0 saturated carbocycles. The molecule has 0 aliphatic rings. The minimum atomic E-state index is -3.62. The van der Waals surface area contributed by atoms with Crippen LogP contribution in [0.5, 0.6) is 0 Å². The zero-order chi connectivity index (χ0) is 14.8. The van der Waals surface area contributed by atoms with Crippen LogP contribution in [-0.4, -0.2) is 13.4 Å². The van der Waals surface area contributed by atoms with Gasteiger partial charge >= 0.3 is 0 Å². The summed E-state index contributed by atoms with van der Waals surface area (Å²) in [5.74, 6) is 0. The molecule has 2 aromatic rings. The quantitative estimate of drug-likeness (QED) is 0.889. The average molecular weight is 311 g/mol. The van der Waals surface area contributed by atoms with Gasteiger partial charge in [0.15, 0.2) is 5.13 Å². The number of rotatable bonds is 5. The first-order valence-corrected chi connectivity index (χ1v) is 8.59. The van der Waals surface area contributed by atoms with Crippen molar-refractivity contribution in [2.45, 2.75) is 31.2 Å². The van der Waals surface area contributed by atoms with Crippen molar-refractivity contribution in [1.82, 2.24) is 4.98 Å². The van der Waals surface area contributed by atoms with E-state index in [2.05, 4.69) is 9.71 Å². The van der Waals surface area contributed by atoms with Gasteiger partial charge in [-0.3, -0.25) is 4.72 Å². The standard InChI is InChI=1S/C13H17N3O2S2/c1-3-12(14)10-5-4-6-11(7-10)20(17,18)16-13-15-9(2)8-19-13/h4-8,12H,3,14H2,1-2H3,(H,15,16). The van der Waals surface area contributed by atoms with Crippen LogP contribution >= 0.6 is 11.3 Å². The Balaban J connectivity index is 2.29. The number of benzene rings is 1. The molecule has 1 aromatic heterocycles. The summed E-state index contributed by atoms with van der Waals surface area (Å²) in [6.45, 7) is 3.78. The third-order valence-corrected chi connectivity index (χ3v) is 5.22. The van der Waals surface area contributed by atoms with Gasteiger partial charge in [-0.25, -0.2) is 13.4 Å². The smallest absolute Gasteiger partial charge is 0.263 e. The number of aryl methyl sites for hydroxylation is 1. The van der Waals surface area contributed by atoms with Gasteiger partial charge in [-0.2, -0.15) is 0 Å². The fourth-order valence-corrected chi connectivity index (χ4v) is 3.72. The van der Waals surface area contributed by atoms with Crippen molar-refractivity contribution < 1.29 is 8.42 Å². The summed E-state index contributed by atoms with van der Waals surface area (Å²) >= 11 is 1.26.